The summed E-state index contributed by atoms with van der Waals surface area (Å²) in [5.41, 5.74) is 3.02. The van der Waals surface area contributed by atoms with Gasteiger partial charge in [-0.15, -0.1) is 0 Å². The summed E-state index contributed by atoms with van der Waals surface area (Å²) in [5.74, 6) is 6.34. The van der Waals surface area contributed by atoms with Crippen molar-refractivity contribution in [1.82, 2.24) is 5.43 Å². The first kappa shape index (κ1) is 11.2. The molecule has 4 nitrogen and oxygen atoms in total. The fourth-order valence-electron chi connectivity index (χ4n) is 2.08. The first-order chi connectivity index (χ1) is 6.61. The summed E-state index contributed by atoms with van der Waals surface area (Å²) in [6.45, 7) is 4.46. The standard InChI is InChI=1S/C10H19N3O/c1-7-3-4-9(6-8(2)5-7)12-10(14)13-11/h7-8H,3-6,11H2,1-2H3,(H,13,14)/b12-9-/t7-,8-/m1/s1. The van der Waals surface area contributed by atoms with Crippen molar-refractivity contribution in [1.29, 1.82) is 0 Å². The summed E-state index contributed by atoms with van der Waals surface area (Å²) in [7, 11) is 0. The van der Waals surface area contributed by atoms with Crippen molar-refractivity contribution in [3.63, 3.8) is 0 Å². The van der Waals surface area contributed by atoms with Crippen LogP contribution >= 0.6 is 0 Å². The zero-order valence-corrected chi connectivity index (χ0v) is 8.92. The van der Waals surface area contributed by atoms with Gasteiger partial charge in [-0.3, -0.25) is 5.43 Å². The molecule has 0 aromatic carbocycles. The summed E-state index contributed by atoms with van der Waals surface area (Å²) >= 11 is 0. The molecule has 1 rings (SSSR count). The predicted octanol–water partition coefficient (Wildman–Crippen LogP) is 1.86. The minimum atomic E-state index is -0.429. The number of nitrogens with zero attached hydrogens (tertiary/aromatic N) is 1. The third-order valence-electron chi connectivity index (χ3n) is 2.70. The van der Waals surface area contributed by atoms with Gasteiger partial charge < -0.3 is 0 Å². The number of nitrogens with one attached hydrogen (secondary N) is 1. The van der Waals surface area contributed by atoms with Crippen molar-refractivity contribution in [2.24, 2.45) is 22.7 Å². The predicted molar refractivity (Wildman–Crippen MR) is 57.0 cm³/mol. The maximum Gasteiger partial charge on any atom is 0.354 e. The Bertz CT molecular complexity index is 238. The van der Waals surface area contributed by atoms with E-state index >= 15 is 0 Å². The molecular formula is C10H19N3O. The molecule has 14 heavy (non-hydrogen) atoms. The van der Waals surface area contributed by atoms with Crippen molar-refractivity contribution in [2.45, 2.75) is 39.5 Å². The number of hydrogen-bond donors (Lipinski definition) is 2. The molecule has 0 heterocycles. The fourth-order valence-corrected chi connectivity index (χ4v) is 2.08. The first-order valence-corrected chi connectivity index (χ1v) is 5.18. The third kappa shape index (κ3) is 3.46. The molecular weight excluding hydrogens is 178 g/mol. The lowest BCUT2D eigenvalue weighted by Crippen LogP contribution is -2.28. The number of hydrazine groups is 1. The Morgan fingerprint density at radius 1 is 1.50 bits per heavy atom. The van der Waals surface area contributed by atoms with Gasteiger partial charge in [0.05, 0.1) is 0 Å². The van der Waals surface area contributed by atoms with E-state index in [1.54, 1.807) is 0 Å². The molecule has 1 saturated carbocycles. The summed E-state index contributed by atoms with van der Waals surface area (Å²) in [6.07, 6.45) is 4.21. The van der Waals surface area contributed by atoms with E-state index in [4.69, 9.17) is 5.84 Å². The van der Waals surface area contributed by atoms with Gasteiger partial charge in [0.2, 0.25) is 0 Å². The third-order valence-corrected chi connectivity index (χ3v) is 2.70. The SMILES string of the molecule is C[C@@H]1CC/C(=N/C(=O)NN)C[C@H](C)C1. The highest BCUT2D eigenvalue weighted by Gasteiger charge is 2.17. The molecule has 0 aliphatic heterocycles. The summed E-state index contributed by atoms with van der Waals surface area (Å²) in [6, 6.07) is -0.429. The monoisotopic (exact) mass is 197 g/mol. The van der Waals surface area contributed by atoms with Gasteiger partial charge in [-0.05, 0) is 37.5 Å². The molecule has 80 valence electrons. The summed E-state index contributed by atoms with van der Waals surface area (Å²) in [5, 5.41) is 0. The first-order valence-electron chi connectivity index (χ1n) is 5.18. The summed E-state index contributed by atoms with van der Waals surface area (Å²) in [4.78, 5) is 14.9. The molecule has 1 aliphatic carbocycles. The van der Waals surface area contributed by atoms with Gasteiger partial charge >= 0.3 is 6.03 Å². The Morgan fingerprint density at radius 3 is 2.86 bits per heavy atom. The Balaban J connectivity index is 2.61. The van der Waals surface area contributed by atoms with Crippen molar-refractivity contribution in [2.75, 3.05) is 0 Å². The molecule has 2 atom stereocenters. The van der Waals surface area contributed by atoms with Gasteiger partial charge in [0.15, 0.2) is 0 Å². The van der Waals surface area contributed by atoms with Crippen LogP contribution in [0.1, 0.15) is 39.5 Å². The second-order valence-electron chi connectivity index (χ2n) is 4.32. The molecule has 4 heteroatoms. The van der Waals surface area contributed by atoms with Gasteiger partial charge in [-0.1, -0.05) is 13.8 Å². The largest absolute Gasteiger partial charge is 0.354 e. The van der Waals surface area contributed by atoms with Gasteiger partial charge in [0.1, 0.15) is 0 Å². The van der Waals surface area contributed by atoms with Crippen LogP contribution in [-0.2, 0) is 0 Å². The average molecular weight is 197 g/mol. The molecule has 1 fully saturated rings. The lowest BCUT2D eigenvalue weighted by Gasteiger charge is -2.09. The van der Waals surface area contributed by atoms with E-state index in [0.29, 0.717) is 5.92 Å². The molecule has 3 N–H and O–H groups in total. The highest BCUT2D eigenvalue weighted by molar-refractivity contribution is 5.95. The van der Waals surface area contributed by atoms with Crippen molar-refractivity contribution in [3.05, 3.63) is 0 Å². The van der Waals surface area contributed by atoms with Crippen LogP contribution in [0.3, 0.4) is 0 Å². The number of hydrogen-bond acceptors (Lipinski definition) is 2. The number of carbonyl (C=O) groups is 1. The van der Waals surface area contributed by atoms with E-state index in [-0.39, 0.29) is 0 Å². The molecule has 0 radical (unpaired) electrons. The highest BCUT2D eigenvalue weighted by Crippen LogP contribution is 2.25. The number of amides is 2. The van der Waals surface area contributed by atoms with Crippen molar-refractivity contribution in [3.8, 4) is 0 Å². The highest BCUT2D eigenvalue weighted by atomic mass is 16.2. The number of carbonyl (C=O) groups excluding carboxylic acids is 1. The average Bonchev–Trinajstić information content (AvgIpc) is 2.27. The number of rotatable bonds is 0. The van der Waals surface area contributed by atoms with Crippen LogP contribution in [-0.4, -0.2) is 11.7 Å². The molecule has 1 aliphatic rings. The second-order valence-corrected chi connectivity index (χ2v) is 4.32. The minimum Gasteiger partial charge on any atom is -0.274 e. The minimum absolute atomic E-state index is 0.429. The van der Waals surface area contributed by atoms with Crippen LogP contribution in [0.15, 0.2) is 4.99 Å². The van der Waals surface area contributed by atoms with E-state index in [1.165, 1.54) is 6.42 Å². The lowest BCUT2D eigenvalue weighted by atomic mass is 9.96. The van der Waals surface area contributed by atoms with E-state index in [0.717, 1.165) is 30.9 Å². The van der Waals surface area contributed by atoms with Crippen molar-refractivity contribution < 1.29 is 4.79 Å². The molecule has 0 aromatic heterocycles. The van der Waals surface area contributed by atoms with E-state index < -0.39 is 6.03 Å². The number of nitrogens with two attached hydrogens (primary N) is 1. The molecule has 0 saturated heterocycles. The topological polar surface area (TPSA) is 67.5 Å². The Kier molecular flexibility index (Phi) is 4.07. The maximum absolute atomic E-state index is 11.0. The van der Waals surface area contributed by atoms with Crippen LogP contribution in [0.5, 0.6) is 0 Å². The van der Waals surface area contributed by atoms with E-state index in [2.05, 4.69) is 18.8 Å². The summed E-state index contributed by atoms with van der Waals surface area (Å²) < 4.78 is 0. The normalized spacial score (nSPS) is 31.2. The van der Waals surface area contributed by atoms with E-state index in [9.17, 15) is 4.79 Å². The molecule has 0 spiro atoms. The van der Waals surface area contributed by atoms with Crippen LogP contribution in [0.2, 0.25) is 0 Å². The number of aliphatic imine (C=N–C) groups is 1. The Labute approximate surface area is 84.9 Å². The van der Waals surface area contributed by atoms with Crippen LogP contribution in [0, 0.1) is 11.8 Å². The van der Waals surface area contributed by atoms with Gasteiger partial charge in [-0.2, -0.15) is 0 Å². The van der Waals surface area contributed by atoms with Crippen LogP contribution < -0.4 is 11.3 Å². The van der Waals surface area contributed by atoms with Gasteiger partial charge in [0.25, 0.3) is 0 Å². The van der Waals surface area contributed by atoms with Crippen LogP contribution in [0.4, 0.5) is 4.79 Å². The quantitative estimate of drug-likeness (QED) is 0.269. The van der Waals surface area contributed by atoms with E-state index in [1.807, 2.05) is 5.43 Å². The Hall–Kier alpha value is -0.900. The van der Waals surface area contributed by atoms with Crippen LogP contribution in [0.25, 0.3) is 0 Å². The lowest BCUT2D eigenvalue weighted by molar-refractivity contribution is 0.249. The second kappa shape index (κ2) is 5.10. The molecule has 0 unspecified atom stereocenters. The molecule has 0 bridgehead atoms. The number of urea groups is 1. The molecule has 2 amide bonds. The zero-order valence-electron chi connectivity index (χ0n) is 8.92. The smallest absolute Gasteiger partial charge is 0.274 e. The molecule has 0 aromatic rings. The van der Waals surface area contributed by atoms with Gasteiger partial charge in [-0.25, -0.2) is 15.6 Å². The Morgan fingerprint density at radius 2 is 2.21 bits per heavy atom. The fraction of sp³-hybridized carbons (Fsp3) is 0.800. The van der Waals surface area contributed by atoms with Crippen molar-refractivity contribution >= 4 is 11.7 Å². The van der Waals surface area contributed by atoms with Gasteiger partial charge in [0, 0.05) is 5.71 Å². The zero-order chi connectivity index (χ0) is 10.6. The maximum atomic E-state index is 11.0.